The Bertz CT molecular complexity index is 555. The van der Waals surface area contributed by atoms with Crippen LogP contribution >= 0.6 is 27.5 Å². The lowest BCUT2D eigenvalue weighted by molar-refractivity contribution is 0.551. The molecule has 0 amide bonds. The molecule has 4 heteroatoms. The lowest BCUT2D eigenvalue weighted by Gasteiger charge is -2.17. The number of halogens is 2. The molecular formula is C15H16BrClN2. The molecular weight excluding hydrogens is 324 g/mol. The van der Waals surface area contributed by atoms with Crippen LogP contribution in [0.4, 0.5) is 0 Å². The molecule has 0 aliphatic carbocycles. The van der Waals surface area contributed by atoms with Gasteiger partial charge in [-0.2, -0.15) is 0 Å². The van der Waals surface area contributed by atoms with Crippen LogP contribution in [0.1, 0.15) is 22.7 Å². The average Bonchev–Trinajstić information content (AvgIpc) is 2.41. The number of rotatable bonds is 4. The smallest absolute Gasteiger partial charge is 0.0500 e. The van der Waals surface area contributed by atoms with Gasteiger partial charge in [-0.15, -0.1) is 0 Å². The van der Waals surface area contributed by atoms with Crippen LogP contribution in [0.5, 0.6) is 0 Å². The fraction of sp³-hybridized carbons (Fsp3) is 0.200. The molecule has 0 fully saturated rings. The molecule has 3 N–H and O–H groups in total. The molecule has 0 aromatic heterocycles. The average molecular weight is 340 g/mol. The summed E-state index contributed by atoms with van der Waals surface area (Å²) in [5, 5.41) is 0.749. The highest BCUT2D eigenvalue weighted by Gasteiger charge is 2.11. The maximum Gasteiger partial charge on any atom is 0.0500 e. The topological polar surface area (TPSA) is 38.0 Å². The molecule has 1 unspecified atom stereocenters. The van der Waals surface area contributed by atoms with E-state index in [2.05, 4.69) is 46.5 Å². The molecule has 0 aliphatic heterocycles. The molecule has 2 nitrogen and oxygen atoms in total. The molecule has 0 bridgehead atoms. The molecule has 0 spiro atoms. The van der Waals surface area contributed by atoms with Gasteiger partial charge in [0, 0.05) is 9.50 Å². The van der Waals surface area contributed by atoms with E-state index in [9.17, 15) is 0 Å². The van der Waals surface area contributed by atoms with Crippen molar-refractivity contribution < 1.29 is 0 Å². The van der Waals surface area contributed by atoms with Crippen molar-refractivity contribution in [3.63, 3.8) is 0 Å². The number of benzene rings is 2. The zero-order valence-electron chi connectivity index (χ0n) is 10.7. The molecule has 0 saturated carbocycles. The van der Waals surface area contributed by atoms with Crippen LogP contribution in [0.2, 0.25) is 5.02 Å². The van der Waals surface area contributed by atoms with Gasteiger partial charge in [-0.1, -0.05) is 51.8 Å². The Balaban J connectivity index is 2.19. The normalized spacial score (nSPS) is 12.4. The summed E-state index contributed by atoms with van der Waals surface area (Å²) in [5.41, 5.74) is 6.45. The highest BCUT2D eigenvalue weighted by Crippen LogP contribution is 2.24. The molecule has 100 valence electrons. The first-order chi connectivity index (χ1) is 9.10. The van der Waals surface area contributed by atoms with Gasteiger partial charge >= 0.3 is 0 Å². The predicted molar refractivity (Wildman–Crippen MR) is 84.1 cm³/mol. The van der Waals surface area contributed by atoms with Crippen molar-refractivity contribution in [2.45, 2.75) is 19.4 Å². The first-order valence-corrected chi connectivity index (χ1v) is 7.24. The van der Waals surface area contributed by atoms with Crippen LogP contribution in [0, 0.1) is 6.92 Å². The molecule has 2 aromatic carbocycles. The van der Waals surface area contributed by atoms with E-state index < -0.39 is 0 Å². The summed E-state index contributed by atoms with van der Waals surface area (Å²) in [6.07, 6.45) is 0.823. The number of aryl methyl sites for hydroxylation is 1. The third-order valence-electron chi connectivity index (χ3n) is 3.15. The number of nitrogens with one attached hydrogen (secondary N) is 1. The summed E-state index contributed by atoms with van der Waals surface area (Å²) >= 11 is 9.44. The van der Waals surface area contributed by atoms with Gasteiger partial charge in [0.25, 0.3) is 0 Å². The van der Waals surface area contributed by atoms with Crippen molar-refractivity contribution in [2.24, 2.45) is 5.84 Å². The maximum absolute atomic E-state index is 5.89. The Morgan fingerprint density at radius 2 is 1.89 bits per heavy atom. The van der Waals surface area contributed by atoms with Gasteiger partial charge in [-0.25, -0.2) is 0 Å². The minimum absolute atomic E-state index is 0.0816. The Morgan fingerprint density at radius 3 is 2.47 bits per heavy atom. The first-order valence-electron chi connectivity index (χ1n) is 6.07. The SMILES string of the molecule is Cc1ccc(C(Cc2ccc(Cl)cc2)NN)cc1Br. The Hall–Kier alpha value is -0.870. The lowest BCUT2D eigenvalue weighted by Crippen LogP contribution is -2.29. The third kappa shape index (κ3) is 3.80. The van der Waals surface area contributed by atoms with E-state index in [1.165, 1.54) is 11.1 Å². The van der Waals surface area contributed by atoms with E-state index in [4.69, 9.17) is 17.4 Å². The van der Waals surface area contributed by atoms with Crippen LogP contribution in [0.15, 0.2) is 46.9 Å². The van der Waals surface area contributed by atoms with Crippen LogP contribution in [-0.2, 0) is 6.42 Å². The van der Waals surface area contributed by atoms with E-state index in [0.29, 0.717) is 0 Å². The van der Waals surface area contributed by atoms with E-state index >= 15 is 0 Å². The zero-order valence-corrected chi connectivity index (χ0v) is 13.0. The molecule has 2 aromatic rings. The van der Waals surface area contributed by atoms with Gasteiger partial charge < -0.3 is 0 Å². The van der Waals surface area contributed by atoms with Gasteiger partial charge in [0.2, 0.25) is 0 Å². The van der Waals surface area contributed by atoms with Gasteiger partial charge in [0.1, 0.15) is 0 Å². The summed E-state index contributed by atoms with van der Waals surface area (Å²) in [7, 11) is 0. The fourth-order valence-electron chi connectivity index (χ4n) is 1.96. The second kappa shape index (κ2) is 6.53. The van der Waals surface area contributed by atoms with Crippen molar-refractivity contribution in [3.8, 4) is 0 Å². The van der Waals surface area contributed by atoms with Crippen LogP contribution < -0.4 is 11.3 Å². The minimum atomic E-state index is 0.0816. The van der Waals surface area contributed by atoms with Crippen LogP contribution in [0.25, 0.3) is 0 Å². The van der Waals surface area contributed by atoms with Crippen molar-refractivity contribution in [1.82, 2.24) is 5.43 Å². The standard InChI is InChI=1S/C15H16BrClN2/c1-10-2-5-12(9-14(10)16)15(19-18)8-11-3-6-13(17)7-4-11/h2-7,9,15,19H,8,18H2,1H3. The minimum Gasteiger partial charge on any atom is -0.271 e. The predicted octanol–water partition coefficient (Wildman–Crippen LogP) is 4.16. The summed E-state index contributed by atoms with van der Waals surface area (Å²) in [5.74, 6) is 5.68. The zero-order chi connectivity index (χ0) is 13.8. The van der Waals surface area contributed by atoms with Crippen LogP contribution in [0.3, 0.4) is 0 Å². The Morgan fingerprint density at radius 1 is 1.21 bits per heavy atom. The molecule has 19 heavy (non-hydrogen) atoms. The summed E-state index contributed by atoms with van der Waals surface area (Å²) in [6.45, 7) is 2.07. The summed E-state index contributed by atoms with van der Waals surface area (Å²) < 4.78 is 1.10. The number of nitrogens with two attached hydrogens (primary N) is 1. The van der Waals surface area contributed by atoms with Gasteiger partial charge in [0.15, 0.2) is 0 Å². The summed E-state index contributed by atoms with van der Waals surface area (Å²) in [4.78, 5) is 0. The molecule has 0 heterocycles. The highest BCUT2D eigenvalue weighted by atomic mass is 79.9. The van der Waals surface area contributed by atoms with E-state index in [-0.39, 0.29) is 6.04 Å². The fourth-order valence-corrected chi connectivity index (χ4v) is 2.48. The van der Waals surface area contributed by atoms with Gasteiger partial charge in [-0.3, -0.25) is 11.3 Å². The second-order valence-electron chi connectivity index (χ2n) is 4.56. The van der Waals surface area contributed by atoms with Gasteiger partial charge in [-0.05, 0) is 48.2 Å². The Labute approximate surface area is 127 Å². The number of hydrogen-bond acceptors (Lipinski definition) is 2. The molecule has 1 atom stereocenters. The first kappa shape index (κ1) is 14.5. The van der Waals surface area contributed by atoms with Crippen molar-refractivity contribution >= 4 is 27.5 Å². The number of hydrazine groups is 1. The van der Waals surface area contributed by atoms with E-state index in [0.717, 1.165) is 21.5 Å². The molecule has 0 radical (unpaired) electrons. The maximum atomic E-state index is 5.89. The van der Waals surface area contributed by atoms with E-state index in [1.807, 2.05) is 24.3 Å². The Kier molecular flexibility index (Phi) is 4.99. The van der Waals surface area contributed by atoms with Gasteiger partial charge in [0.05, 0.1) is 6.04 Å². The molecule has 0 saturated heterocycles. The van der Waals surface area contributed by atoms with Crippen LogP contribution in [-0.4, -0.2) is 0 Å². The number of hydrogen-bond donors (Lipinski definition) is 2. The molecule has 0 aliphatic rings. The second-order valence-corrected chi connectivity index (χ2v) is 5.85. The molecule has 2 rings (SSSR count). The quantitative estimate of drug-likeness (QED) is 0.648. The van der Waals surface area contributed by atoms with Crippen molar-refractivity contribution in [3.05, 3.63) is 68.7 Å². The monoisotopic (exact) mass is 338 g/mol. The van der Waals surface area contributed by atoms with E-state index in [1.54, 1.807) is 0 Å². The lowest BCUT2D eigenvalue weighted by atomic mass is 9.98. The highest BCUT2D eigenvalue weighted by molar-refractivity contribution is 9.10. The largest absolute Gasteiger partial charge is 0.271 e. The van der Waals surface area contributed by atoms with Crippen molar-refractivity contribution in [2.75, 3.05) is 0 Å². The third-order valence-corrected chi connectivity index (χ3v) is 4.26. The summed E-state index contributed by atoms with van der Waals surface area (Å²) in [6, 6.07) is 14.2. The van der Waals surface area contributed by atoms with Crippen molar-refractivity contribution in [1.29, 1.82) is 0 Å².